The van der Waals surface area contributed by atoms with E-state index in [1.54, 1.807) is 18.3 Å². The number of nitrogens with one attached hydrogen (secondary N) is 2. The topological polar surface area (TPSA) is 73.6 Å². The SMILES string of the molecule is Cc1cc(C2CC=CS2)cc(C)c1Nc1ccnc(Nc2ccc(C#N)cc2)n1. The molecule has 2 N–H and O–H groups in total. The molecule has 2 aromatic carbocycles. The van der Waals surface area contributed by atoms with Crippen LogP contribution < -0.4 is 10.6 Å². The Morgan fingerprint density at radius 2 is 1.83 bits per heavy atom. The number of nitriles is 1. The van der Waals surface area contributed by atoms with Crippen LogP contribution in [0.15, 0.2) is 60.1 Å². The molecule has 1 unspecified atom stereocenters. The second-order valence-corrected chi connectivity index (χ2v) is 8.08. The van der Waals surface area contributed by atoms with E-state index in [1.807, 2.05) is 30.0 Å². The Morgan fingerprint density at radius 3 is 2.48 bits per heavy atom. The number of rotatable bonds is 5. The maximum Gasteiger partial charge on any atom is 0.229 e. The van der Waals surface area contributed by atoms with E-state index in [9.17, 15) is 0 Å². The minimum Gasteiger partial charge on any atom is -0.340 e. The minimum absolute atomic E-state index is 0.500. The van der Waals surface area contributed by atoms with Gasteiger partial charge in [-0.2, -0.15) is 10.2 Å². The van der Waals surface area contributed by atoms with E-state index in [2.05, 4.69) is 64.1 Å². The summed E-state index contributed by atoms with van der Waals surface area (Å²) < 4.78 is 0. The minimum atomic E-state index is 0.500. The van der Waals surface area contributed by atoms with Crippen molar-refractivity contribution in [2.75, 3.05) is 10.6 Å². The molecule has 0 spiro atoms. The van der Waals surface area contributed by atoms with E-state index in [-0.39, 0.29) is 0 Å². The summed E-state index contributed by atoms with van der Waals surface area (Å²) in [6.45, 7) is 4.26. The van der Waals surface area contributed by atoms with Gasteiger partial charge in [0.15, 0.2) is 0 Å². The number of hydrogen-bond acceptors (Lipinski definition) is 6. The van der Waals surface area contributed by atoms with Crippen molar-refractivity contribution in [2.45, 2.75) is 25.5 Å². The van der Waals surface area contributed by atoms with Crippen molar-refractivity contribution < 1.29 is 0 Å². The highest BCUT2D eigenvalue weighted by atomic mass is 32.2. The zero-order valence-electron chi connectivity index (χ0n) is 16.3. The van der Waals surface area contributed by atoms with Crippen LogP contribution in [0.25, 0.3) is 0 Å². The van der Waals surface area contributed by atoms with E-state index in [1.165, 1.54) is 16.7 Å². The van der Waals surface area contributed by atoms with Gasteiger partial charge in [-0.25, -0.2) is 4.98 Å². The van der Waals surface area contributed by atoms with Gasteiger partial charge in [-0.3, -0.25) is 0 Å². The first-order valence-corrected chi connectivity index (χ1v) is 10.4. The Morgan fingerprint density at radius 1 is 1.07 bits per heavy atom. The molecule has 4 rings (SSSR count). The third-order valence-electron chi connectivity index (χ3n) is 4.79. The second-order valence-electron chi connectivity index (χ2n) is 6.97. The predicted molar refractivity (Wildman–Crippen MR) is 120 cm³/mol. The fourth-order valence-electron chi connectivity index (χ4n) is 3.35. The van der Waals surface area contributed by atoms with Crippen LogP contribution in [0.2, 0.25) is 0 Å². The Kier molecular flexibility index (Phi) is 5.50. The van der Waals surface area contributed by atoms with Crippen molar-refractivity contribution in [3.8, 4) is 6.07 Å². The largest absolute Gasteiger partial charge is 0.340 e. The number of hydrogen-bond donors (Lipinski definition) is 2. The van der Waals surface area contributed by atoms with E-state index in [0.717, 1.165) is 23.6 Å². The fraction of sp³-hybridized carbons (Fsp3) is 0.174. The summed E-state index contributed by atoms with van der Waals surface area (Å²) in [5.41, 5.74) is 6.30. The van der Waals surface area contributed by atoms with E-state index in [0.29, 0.717) is 16.8 Å². The number of thioether (sulfide) groups is 1. The van der Waals surface area contributed by atoms with Crippen LogP contribution in [0, 0.1) is 25.2 Å². The summed E-state index contributed by atoms with van der Waals surface area (Å²) in [5.74, 6) is 1.23. The third-order valence-corrected chi connectivity index (χ3v) is 5.94. The molecule has 0 radical (unpaired) electrons. The summed E-state index contributed by atoms with van der Waals surface area (Å²) in [6, 6.07) is 15.7. The Hall–Kier alpha value is -3.30. The van der Waals surface area contributed by atoms with Crippen LogP contribution in [0.1, 0.15) is 33.9 Å². The van der Waals surface area contributed by atoms with Crippen molar-refractivity contribution in [3.63, 3.8) is 0 Å². The maximum atomic E-state index is 8.91. The average molecular weight is 400 g/mol. The number of allylic oxidation sites excluding steroid dienone is 1. The zero-order valence-corrected chi connectivity index (χ0v) is 17.1. The van der Waals surface area contributed by atoms with Gasteiger partial charge in [0, 0.05) is 22.8 Å². The van der Waals surface area contributed by atoms with Crippen LogP contribution in [0.5, 0.6) is 0 Å². The molecule has 0 amide bonds. The van der Waals surface area contributed by atoms with Crippen LogP contribution in [-0.2, 0) is 0 Å². The van der Waals surface area contributed by atoms with Crippen molar-refractivity contribution >= 4 is 34.9 Å². The van der Waals surface area contributed by atoms with Crippen molar-refractivity contribution in [1.82, 2.24) is 9.97 Å². The van der Waals surface area contributed by atoms with Crippen molar-refractivity contribution in [1.29, 1.82) is 5.26 Å². The molecule has 3 aromatic rings. The van der Waals surface area contributed by atoms with E-state index >= 15 is 0 Å². The number of aromatic nitrogens is 2. The molecule has 6 heteroatoms. The standard InChI is InChI=1S/C23H21N5S/c1-15-12-18(20-4-3-11-29-20)13-16(2)22(15)27-21-9-10-25-23(28-21)26-19-7-5-17(14-24)6-8-19/h3,5-13,20H,4H2,1-2H3,(H2,25,26,27,28). The second kappa shape index (κ2) is 8.38. The van der Waals surface area contributed by atoms with E-state index < -0.39 is 0 Å². The van der Waals surface area contributed by atoms with Crippen LogP contribution in [0.3, 0.4) is 0 Å². The molecular formula is C23H21N5S. The molecule has 144 valence electrons. The molecule has 2 heterocycles. The molecule has 0 fully saturated rings. The average Bonchev–Trinajstić information content (AvgIpc) is 3.26. The molecule has 1 aliphatic rings. The monoisotopic (exact) mass is 399 g/mol. The number of nitrogens with zero attached hydrogens (tertiary/aromatic N) is 3. The van der Waals surface area contributed by atoms with Gasteiger partial charge in [-0.15, -0.1) is 11.8 Å². The quantitative estimate of drug-likeness (QED) is 0.536. The fourth-order valence-corrected chi connectivity index (χ4v) is 4.28. The summed E-state index contributed by atoms with van der Waals surface area (Å²) in [6.07, 6.45) is 5.04. The number of benzene rings is 2. The Balaban J connectivity index is 1.52. The van der Waals surface area contributed by atoms with Gasteiger partial charge < -0.3 is 10.6 Å². The predicted octanol–water partition coefficient (Wildman–Crippen LogP) is 6.14. The van der Waals surface area contributed by atoms with Gasteiger partial charge in [0.1, 0.15) is 5.82 Å². The van der Waals surface area contributed by atoms with Gasteiger partial charge >= 0.3 is 0 Å². The van der Waals surface area contributed by atoms with Crippen LogP contribution in [0.4, 0.5) is 23.1 Å². The van der Waals surface area contributed by atoms with Crippen LogP contribution in [-0.4, -0.2) is 9.97 Å². The normalized spacial score (nSPS) is 15.1. The first-order chi connectivity index (χ1) is 14.1. The summed E-state index contributed by atoms with van der Waals surface area (Å²) in [4.78, 5) is 8.87. The Labute approximate surface area is 174 Å². The summed E-state index contributed by atoms with van der Waals surface area (Å²) >= 11 is 1.88. The van der Waals surface area contributed by atoms with Gasteiger partial charge in [0.2, 0.25) is 5.95 Å². The lowest BCUT2D eigenvalue weighted by Gasteiger charge is -2.17. The van der Waals surface area contributed by atoms with Crippen molar-refractivity contribution in [3.05, 3.63) is 82.4 Å². The van der Waals surface area contributed by atoms with Crippen LogP contribution >= 0.6 is 11.8 Å². The van der Waals surface area contributed by atoms with Gasteiger partial charge in [-0.05, 0) is 72.7 Å². The van der Waals surface area contributed by atoms with Gasteiger partial charge in [0.05, 0.1) is 11.6 Å². The third kappa shape index (κ3) is 4.41. The molecule has 29 heavy (non-hydrogen) atoms. The lowest BCUT2D eigenvalue weighted by atomic mass is 10.0. The lowest BCUT2D eigenvalue weighted by Crippen LogP contribution is -2.03. The first-order valence-electron chi connectivity index (χ1n) is 9.41. The molecule has 1 aliphatic heterocycles. The van der Waals surface area contributed by atoms with Crippen molar-refractivity contribution in [2.24, 2.45) is 0 Å². The summed E-state index contributed by atoms with van der Waals surface area (Å²) in [5, 5.41) is 18.2. The molecular weight excluding hydrogens is 378 g/mol. The maximum absolute atomic E-state index is 8.91. The molecule has 1 atom stereocenters. The first kappa shape index (κ1) is 19.0. The molecule has 0 saturated heterocycles. The molecule has 1 aromatic heterocycles. The van der Waals surface area contributed by atoms with E-state index in [4.69, 9.17) is 5.26 Å². The lowest BCUT2D eigenvalue weighted by molar-refractivity contribution is 0.984. The van der Waals surface area contributed by atoms with Gasteiger partial charge in [-0.1, -0.05) is 18.2 Å². The zero-order chi connectivity index (χ0) is 20.2. The summed E-state index contributed by atoms with van der Waals surface area (Å²) in [7, 11) is 0. The molecule has 0 aliphatic carbocycles. The highest BCUT2D eigenvalue weighted by Gasteiger charge is 2.16. The van der Waals surface area contributed by atoms with Gasteiger partial charge in [0.25, 0.3) is 0 Å². The highest BCUT2D eigenvalue weighted by Crippen LogP contribution is 2.40. The smallest absolute Gasteiger partial charge is 0.229 e. The number of aryl methyl sites for hydroxylation is 2. The molecule has 5 nitrogen and oxygen atoms in total. The Bertz CT molecular complexity index is 1070. The molecule has 0 saturated carbocycles. The number of anilines is 4. The highest BCUT2D eigenvalue weighted by molar-refractivity contribution is 8.02. The molecule has 0 bridgehead atoms.